The molecule has 5 nitrogen and oxygen atoms in total. The molecule has 0 saturated heterocycles. The van der Waals surface area contributed by atoms with E-state index in [2.05, 4.69) is 15.4 Å². The van der Waals surface area contributed by atoms with Gasteiger partial charge in [0.1, 0.15) is 0 Å². The highest BCUT2D eigenvalue weighted by Crippen LogP contribution is 2.01. The Morgan fingerprint density at radius 2 is 1.93 bits per heavy atom. The summed E-state index contributed by atoms with van der Waals surface area (Å²) in [5.41, 5.74) is 0.663. The zero-order valence-corrected chi connectivity index (χ0v) is 7.82. The first-order valence-electron chi connectivity index (χ1n) is 4.40. The van der Waals surface area contributed by atoms with Crippen LogP contribution in [0.25, 0.3) is 0 Å². The fraction of sp³-hybridized carbons (Fsp3) is 0. The third-order valence-electron chi connectivity index (χ3n) is 1.80. The van der Waals surface area contributed by atoms with Crippen LogP contribution in [0, 0.1) is 0 Å². The highest BCUT2D eigenvalue weighted by molar-refractivity contribution is 6.60. The lowest BCUT2D eigenvalue weighted by molar-refractivity contribution is 0.416. The van der Waals surface area contributed by atoms with Crippen molar-refractivity contribution < 1.29 is 9.68 Å². The quantitative estimate of drug-likeness (QED) is 0.686. The predicted molar refractivity (Wildman–Crippen MR) is 54.5 cm³/mol. The number of benzene rings is 1. The zero-order chi connectivity index (χ0) is 10.5. The third kappa shape index (κ3) is 2.51. The van der Waals surface area contributed by atoms with Crippen molar-refractivity contribution in [1.29, 1.82) is 0 Å². The van der Waals surface area contributed by atoms with Crippen LogP contribution in [0.5, 0.6) is 5.88 Å². The van der Waals surface area contributed by atoms with Crippen molar-refractivity contribution in [2.45, 2.75) is 0 Å². The van der Waals surface area contributed by atoms with Crippen LogP contribution in [-0.2, 0) is 0 Å². The van der Waals surface area contributed by atoms with E-state index in [0.29, 0.717) is 5.46 Å². The molecule has 0 aliphatic rings. The molecule has 0 radical (unpaired) electrons. The van der Waals surface area contributed by atoms with Crippen molar-refractivity contribution in [3.8, 4) is 5.88 Å². The molecule has 2 rings (SSSR count). The van der Waals surface area contributed by atoms with Crippen molar-refractivity contribution >= 4 is 12.6 Å². The Morgan fingerprint density at radius 3 is 2.60 bits per heavy atom. The van der Waals surface area contributed by atoms with E-state index in [-0.39, 0.29) is 5.88 Å². The first-order valence-corrected chi connectivity index (χ1v) is 4.40. The van der Waals surface area contributed by atoms with Crippen LogP contribution >= 0.6 is 0 Å². The first-order chi connectivity index (χ1) is 7.36. The minimum absolute atomic E-state index is 0.237. The summed E-state index contributed by atoms with van der Waals surface area (Å²) in [5, 5.41) is 20.2. The van der Waals surface area contributed by atoms with Crippen LogP contribution in [-0.4, -0.2) is 27.6 Å². The second kappa shape index (κ2) is 4.52. The van der Waals surface area contributed by atoms with E-state index in [1.807, 2.05) is 18.2 Å². The molecule has 1 aromatic heterocycles. The second-order valence-electron chi connectivity index (χ2n) is 2.84. The predicted octanol–water partition coefficient (Wildman–Crippen LogP) is -0.362. The molecule has 1 N–H and O–H groups in total. The van der Waals surface area contributed by atoms with Gasteiger partial charge in [-0.25, -0.2) is 0 Å². The molecule has 1 heterocycles. The Balaban J connectivity index is 2.08. The maximum atomic E-state index is 9.66. The summed E-state index contributed by atoms with van der Waals surface area (Å²) in [4.78, 5) is 0. The maximum Gasteiger partial charge on any atom is 0.561 e. The van der Waals surface area contributed by atoms with Gasteiger partial charge < -0.3 is 9.68 Å². The molecule has 0 amide bonds. The van der Waals surface area contributed by atoms with Crippen LogP contribution in [0.4, 0.5) is 0 Å². The average Bonchev–Trinajstić information content (AvgIpc) is 2.31. The van der Waals surface area contributed by atoms with Crippen molar-refractivity contribution in [3.05, 3.63) is 42.6 Å². The minimum atomic E-state index is -1.04. The third-order valence-corrected chi connectivity index (χ3v) is 1.80. The lowest BCUT2D eigenvalue weighted by atomic mass is 9.80. The summed E-state index contributed by atoms with van der Waals surface area (Å²) in [6, 6.07) is 10.6. The highest BCUT2D eigenvalue weighted by Gasteiger charge is 2.18. The van der Waals surface area contributed by atoms with Gasteiger partial charge in [0.2, 0.25) is 5.88 Å². The normalized spacial score (nSPS) is 9.67. The summed E-state index contributed by atoms with van der Waals surface area (Å²) in [7, 11) is -1.04. The Kier molecular flexibility index (Phi) is 2.89. The van der Waals surface area contributed by atoms with Crippen LogP contribution in [0.2, 0.25) is 0 Å². The van der Waals surface area contributed by atoms with Crippen molar-refractivity contribution in [1.82, 2.24) is 15.4 Å². The molecule has 0 atom stereocenters. The van der Waals surface area contributed by atoms with Crippen LogP contribution < -0.4 is 10.1 Å². The monoisotopic (exact) mass is 201 g/mol. The van der Waals surface area contributed by atoms with E-state index >= 15 is 0 Å². The Morgan fingerprint density at radius 1 is 1.13 bits per heavy atom. The van der Waals surface area contributed by atoms with E-state index < -0.39 is 7.12 Å². The largest absolute Gasteiger partial charge is 0.561 e. The van der Waals surface area contributed by atoms with Crippen LogP contribution in [0.15, 0.2) is 42.6 Å². The van der Waals surface area contributed by atoms with Gasteiger partial charge in [-0.15, -0.1) is 5.10 Å². The molecule has 15 heavy (non-hydrogen) atoms. The van der Waals surface area contributed by atoms with Gasteiger partial charge in [-0.1, -0.05) is 35.4 Å². The lowest BCUT2D eigenvalue weighted by Crippen LogP contribution is -2.36. The van der Waals surface area contributed by atoms with Gasteiger partial charge in [0.15, 0.2) is 0 Å². The first kappa shape index (κ1) is 9.60. The average molecular weight is 201 g/mol. The summed E-state index contributed by atoms with van der Waals surface area (Å²) >= 11 is 0. The summed E-state index contributed by atoms with van der Waals surface area (Å²) in [6.45, 7) is 0. The van der Waals surface area contributed by atoms with E-state index in [4.69, 9.17) is 4.65 Å². The molecule has 0 fully saturated rings. The molecular weight excluding hydrogens is 193 g/mol. The molecule has 0 aliphatic carbocycles. The molecule has 6 heteroatoms. The number of aromatic nitrogens is 3. The lowest BCUT2D eigenvalue weighted by Gasteiger charge is -2.07. The topological polar surface area (TPSA) is 68.1 Å². The Bertz CT molecular complexity index is 412. The molecule has 0 saturated carbocycles. The number of hydrogen-bond donors (Lipinski definition) is 1. The van der Waals surface area contributed by atoms with Crippen molar-refractivity contribution in [2.75, 3.05) is 0 Å². The highest BCUT2D eigenvalue weighted by atomic mass is 16.5. The van der Waals surface area contributed by atoms with Gasteiger partial charge >= 0.3 is 7.12 Å². The molecule has 74 valence electrons. The smallest absolute Gasteiger partial charge is 0.517 e. The van der Waals surface area contributed by atoms with Crippen LogP contribution in [0.1, 0.15) is 0 Å². The zero-order valence-electron chi connectivity index (χ0n) is 7.82. The standard InChI is InChI=1S/C9H8BN3O2/c14-10(8-4-2-1-3-5-8)15-9-6-7-11-13-12-9/h1-7,14H. The van der Waals surface area contributed by atoms with Gasteiger partial charge in [0.25, 0.3) is 0 Å². The summed E-state index contributed by atoms with van der Waals surface area (Å²) in [6.07, 6.45) is 1.44. The SMILES string of the molecule is OB(Oc1ccnnn1)c1ccccc1. The molecule has 0 spiro atoms. The molecular formula is C9H8BN3O2. The van der Waals surface area contributed by atoms with E-state index in [0.717, 1.165) is 0 Å². The van der Waals surface area contributed by atoms with E-state index in [1.165, 1.54) is 12.3 Å². The summed E-state index contributed by atoms with van der Waals surface area (Å²) < 4.78 is 5.14. The van der Waals surface area contributed by atoms with Gasteiger partial charge in [-0.3, -0.25) is 0 Å². The van der Waals surface area contributed by atoms with Crippen molar-refractivity contribution in [3.63, 3.8) is 0 Å². The fourth-order valence-electron chi connectivity index (χ4n) is 1.09. The number of nitrogens with zero attached hydrogens (tertiary/aromatic N) is 3. The molecule has 1 aromatic carbocycles. The fourth-order valence-corrected chi connectivity index (χ4v) is 1.09. The van der Waals surface area contributed by atoms with E-state index in [1.54, 1.807) is 12.1 Å². The molecule has 2 aromatic rings. The molecule has 0 unspecified atom stereocenters. The van der Waals surface area contributed by atoms with Gasteiger partial charge in [0.05, 0.1) is 6.20 Å². The molecule has 0 bridgehead atoms. The number of hydrogen-bond acceptors (Lipinski definition) is 5. The van der Waals surface area contributed by atoms with Gasteiger partial charge in [0, 0.05) is 6.07 Å². The summed E-state index contributed by atoms with van der Waals surface area (Å²) in [5.74, 6) is 0.237. The van der Waals surface area contributed by atoms with E-state index in [9.17, 15) is 5.02 Å². The minimum Gasteiger partial charge on any atom is -0.517 e. The van der Waals surface area contributed by atoms with Gasteiger partial charge in [-0.05, 0) is 10.7 Å². The van der Waals surface area contributed by atoms with Gasteiger partial charge in [-0.2, -0.15) is 0 Å². The maximum absolute atomic E-state index is 9.66. The van der Waals surface area contributed by atoms with Crippen molar-refractivity contribution in [2.24, 2.45) is 0 Å². The molecule has 0 aliphatic heterocycles. The second-order valence-corrected chi connectivity index (χ2v) is 2.84. The Hall–Kier alpha value is -1.95. The Labute approximate surface area is 86.9 Å². The van der Waals surface area contributed by atoms with Crippen LogP contribution in [0.3, 0.4) is 0 Å². The number of rotatable bonds is 3.